The van der Waals surface area contributed by atoms with Crippen LogP contribution in [0.25, 0.3) is 0 Å². The molecule has 1 heterocycles. The van der Waals surface area contributed by atoms with E-state index in [0.717, 1.165) is 4.57 Å². The first kappa shape index (κ1) is 9.31. The number of aromatic nitrogens is 1. The van der Waals surface area contributed by atoms with Crippen LogP contribution < -0.4 is 16.4 Å². The molecule has 0 radical (unpaired) electrons. The Hall–Kier alpha value is -1.78. The number of carboxylic acids is 1. The summed E-state index contributed by atoms with van der Waals surface area (Å²) in [5.74, 6) is -1.31. The van der Waals surface area contributed by atoms with Crippen molar-refractivity contribution in [3.8, 4) is 0 Å². The summed E-state index contributed by atoms with van der Waals surface area (Å²) in [5, 5.41) is 10.3. The Morgan fingerprint density at radius 2 is 2.23 bits per heavy atom. The van der Waals surface area contributed by atoms with Gasteiger partial charge in [0.25, 0.3) is 5.56 Å². The van der Waals surface area contributed by atoms with E-state index in [1.807, 2.05) is 0 Å². The number of nitrogen functional groups attached to an aromatic ring is 1. The second kappa shape index (κ2) is 3.30. The lowest BCUT2D eigenvalue weighted by molar-refractivity contribution is -0.306. The van der Waals surface area contributed by atoms with Gasteiger partial charge in [-0.3, -0.25) is 4.79 Å². The highest BCUT2D eigenvalue weighted by Crippen LogP contribution is 1.98. The van der Waals surface area contributed by atoms with Crippen LogP contribution in [0.1, 0.15) is 5.69 Å². The number of aliphatic carboxylic acids is 1. The van der Waals surface area contributed by atoms with Crippen molar-refractivity contribution in [2.24, 2.45) is 0 Å². The molecule has 0 aliphatic carbocycles. The molecule has 0 fully saturated rings. The summed E-state index contributed by atoms with van der Waals surface area (Å²) >= 11 is 0. The highest BCUT2D eigenvalue weighted by Gasteiger charge is 2.02. The first-order chi connectivity index (χ1) is 6.02. The highest BCUT2D eigenvalue weighted by molar-refractivity contribution is 5.64. The van der Waals surface area contributed by atoms with Crippen LogP contribution in [0.4, 0.5) is 5.69 Å². The second-order valence-corrected chi connectivity index (χ2v) is 2.69. The Morgan fingerprint density at radius 3 is 2.77 bits per heavy atom. The summed E-state index contributed by atoms with van der Waals surface area (Å²) in [5.41, 5.74) is 5.40. The topological polar surface area (TPSA) is 88.2 Å². The van der Waals surface area contributed by atoms with Crippen molar-refractivity contribution in [3.05, 3.63) is 28.2 Å². The number of aryl methyl sites for hydroxylation is 1. The Kier molecular flexibility index (Phi) is 2.36. The van der Waals surface area contributed by atoms with Crippen LogP contribution in [0, 0.1) is 6.92 Å². The number of nitrogens with two attached hydrogens (primary N) is 1. The van der Waals surface area contributed by atoms with Crippen LogP contribution in [0.5, 0.6) is 0 Å². The average molecular weight is 181 g/mol. The molecule has 5 heteroatoms. The summed E-state index contributed by atoms with van der Waals surface area (Å²) in [6, 6.07) is 3.03. The van der Waals surface area contributed by atoms with E-state index in [1.54, 1.807) is 13.0 Å². The summed E-state index contributed by atoms with van der Waals surface area (Å²) in [6.45, 7) is 1.17. The van der Waals surface area contributed by atoms with Crippen LogP contribution in [-0.2, 0) is 11.3 Å². The lowest BCUT2D eigenvalue weighted by Gasteiger charge is -2.10. The fourth-order valence-electron chi connectivity index (χ4n) is 1.01. The summed E-state index contributed by atoms with van der Waals surface area (Å²) in [7, 11) is 0. The van der Waals surface area contributed by atoms with E-state index in [4.69, 9.17) is 5.73 Å². The number of carboxylic acid groups (broad SMARTS) is 1. The van der Waals surface area contributed by atoms with Crippen LogP contribution in [0.15, 0.2) is 16.9 Å². The van der Waals surface area contributed by atoms with Crippen LogP contribution in [0.3, 0.4) is 0 Å². The maximum Gasteiger partial charge on any atom is 0.274 e. The second-order valence-electron chi connectivity index (χ2n) is 2.69. The minimum absolute atomic E-state index is 0.0341. The van der Waals surface area contributed by atoms with E-state index in [-0.39, 0.29) is 5.69 Å². The lowest BCUT2D eigenvalue weighted by Crippen LogP contribution is -2.34. The van der Waals surface area contributed by atoms with Crippen molar-refractivity contribution in [1.82, 2.24) is 4.57 Å². The highest BCUT2D eigenvalue weighted by atomic mass is 16.4. The fourth-order valence-corrected chi connectivity index (χ4v) is 1.01. The van der Waals surface area contributed by atoms with Crippen LogP contribution >= 0.6 is 0 Å². The third kappa shape index (κ3) is 1.87. The van der Waals surface area contributed by atoms with E-state index in [1.165, 1.54) is 6.07 Å². The van der Waals surface area contributed by atoms with Gasteiger partial charge in [-0.1, -0.05) is 0 Å². The zero-order valence-electron chi connectivity index (χ0n) is 7.11. The lowest BCUT2D eigenvalue weighted by atomic mass is 10.3. The Morgan fingerprint density at radius 1 is 1.62 bits per heavy atom. The van der Waals surface area contributed by atoms with Crippen molar-refractivity contribution in [3.63, 3.8) is 0 Å². The molecule has 13 heavy (non-hydrogen) atoms. The molecule has 70 valence electrons. The van der Waals surface area contributed by atoms with Crippen LogP contribution in [-0.4, -0.2) is 10.5 Å². The van der Waals surface area contributed by atoms with Gasteiger partial charge in [0, 0.05) is 5.69 Å². The number of carbonyl (C=O) groups is 1. The molecule has 1 aromatic rings. The average Bonchev–Trinajstić information content (AvgIpc) is 2.05. The predicted molar refractivity (Wildman–Crippen MR) is 44.9 cm³/mol. The van der Waals surface area contributed by atoms with Gasteiger partial charge >= 0.3 is 0 Å². The molecule has 0 atom stereocenters. The van der Waals surface area contributed by atoms with E-state index >= 15 is 0 Å². The standard InChI is InChI=1S/C8H10N2O3/c1-5-2-3-6(9)8(13)10(5)4-7(11)12/h2-3H,4,9H2,1H3,(H,11,12)/p-1. The summed E-state index contributed by atoms with van der Waals surface area (Å²) in [6.07, 6.45) is 0. The molecule has 0 aromatic carbocycles. The van der Waals surface area contributed by atoms with Gasteiger partial charge in [-0.05, 0) is 19.1 Å². The van der Waals surface area contributed by atoms with Gasteiger partial charge < -0.3 is 20.2 Å². The molecule has 0 bridgehead atoms. The monoisotopic (exact) mass is 181 g/mol. The predicted octanol–water partition coefficient (Wildman–Crippen LogP) is -1.51. The number of rotatable bonds is 2. The Bertz CT molecular complexity index is 395. The van der Waals surface area contributed by atoms with Gasteiger partial charge in [0.15, 0.2) is 0 Å². The summed E-state index contributed by atoms with van der Waals surface area (Å²) < 4.78 is 1.06. The molecular weight excluding hydrogens is 172 g/mol. The SMILES string of the molecule is Cc1ccc(N)c(=O)n1CC(=O)[O-]. The molecule has 1 rings (SSSR count). The Labute approximate surface area is 74.4 Å². The molecule has 0 saturated heterocycles. The van der Waals surface area contributed by atoms with E-state index in [2.05, 4.69) is 0 Å². The molecule has 0 saturated carbocycles. The van der Waals surface area contributed by atoms with E-state index in [9.17, 15) is 14.7 Å². The maximum absolute atomic E-state index is 11.3. The van der Waals surface area contributed by atoms with Gasteiger partial charge in [-0.2, -0.15) is 0 Å². The number of nitrogens with zero attached hydrogens (tertiary/aromatic N) is 1. The number of hydrogen-bond donors (Lipinski definition) is 1. The first-order valence-electron chi connectivity index (χ1n) is 3.68. The number of pyridine rings is 1. The van der Waals surface area contributed by atoms with Gasteiger partial charge in [-0.15, -0.1) is 0 Å². The number of carbonyl (C=O) groups excluding carboxylic acids is 1. The molecule has 0 amide bonds. The molecule has 2 N–H and O–H groups in total. The van der Waals surface area contributed by atoms with Gasteiger partial charge in [-0.25, -0.2) is 0 Å². The van der Waals surface area contributed by atoms with E-state index in [0.29, 0.717) is 5.69 Å². The van der Waals surface area contributed by atoms with Crippen molar-refractivity contribution in [2.75, 3.05) is 5.73 Å². The van der Waals surface area contributed by atoms with Crippen molar-refractivity contribution >= 4 is 11.7 Å². The van der Waals surface area contributed by atoms with Gasteiger partial charge in [0.1, 0.15) is 0 Å². The molecule has 0 unspecified atom stereocenters. The van der Waals surface area contributed by atoms with Crippen molar-refractivity contribution < 1.29 is 9.90 Å². The third-order valence-electron chi connectivity index (χ3n) is 1.71. The first-order valence-corrected chi connectivity index (χ1v) is 3.68. The number of anilines is 1. The zero-order chi connectivity index (χ0) is 10.0. The molecule has 0 spiro atoms. The van der Waals surface area contributed by atoms with Crippen molar-refractivity contribution in [2.45, 2.75) is 13.5 Å². The molecule has 1 aromatic heterocycles. The quantitative estimate of drug-likeness (QED) is 0.600. The van der Waals surface area contributed by atoms with Crippen molar-refractivity contribution in [1.29, 1.82) is 0 Å². The molecule has 0 aliphatic heterocycles. The van der Waals surface area contributed by atoms with Crippen LogP contribution in [0.2, 0.25) is 0 Å². The maximum atomic E-state index is 11.3. The normalized spacial score (nSPS) is 9.92. The van der Waals surface area contributed by atoms with E-state index < -0.39 is 18.1 Å². The van der Waals surface area contributed by atoms with Gasteiger partial charge in [0.05, 0.1) is 18.2 Å². The summed E-state index contributed by atoms with van der Waals surface area (Å²) in [4.78, 5) is 21.5. The molecule has 5 nitrogen and oxygen atoms in total. The minimum atomic E-state index is -1.31. The van der Waals surface area contributed by atoms with Gasteiger partial charge in [0.2, 0.25) is 0 Å². The fraction of sp³-hybridized carbons (Fsp3) is 0.250. The minimum Gasteiger partial charge on any atom is -0.548 e. The zero-order valence-corrected chi connectivity index (χ0v) is 7.11. The Balaban J connectivity index is 3.26. The molecular formula is C8H9N2O3-. The molecule has 0 aliphatic rings. The smallest absolute Gasteiger partial charge is 0.274 e. The number of hydrogen-bond acceptors (Lipinski definition) is 4. The third-order valence-corrected chi connectivity index (χ3v) is 1.71. The largest absolute Gasteiger partial charge is 0.548 e.